The molecule has 2 saturated heterocycles. The molecule has 6 heteroatoms. The van der Waals surface area contributed by atoms with E-state index < -0.39 is 0 Å². The van der Waals surface area contributed by atoms with Gasteiger partial charge < -0.3 is 10.6 Å². The molecule has 0 aromatic carbocycles. The summed E-state index contributed by atoms with van der Waals surface area (Å²) < 4.78 is 0. The second-order valence-electron chi connectivity index (χ2n) is 5.40. The summed E-state index contributed by atoms with van der Waals surface area (Å²) in [6.45, 7) is 7.00. The van der Waals surface area contributed by atoms with Crippen molar-refractivity contribution < 1.29 is 0 Å². The molecule has 0 aliphatic carbocycles. The summed E-state index contributed by atoms with van der Waals surface area (Å²) in [6.07, 6.45) is 5.99. The van der Waals surface area contributed by atoms with Crippen LogP contribution < -0.4 is 5.73 Å². The highest BCUT2D eigenvalue weighted by atomic mass is 35.5. The van der Waals surface area contributed by atoms with Gasteiger partial charge in [-0.15, -0.1) is 23.7 Å². The third-order valence-electron chi connectivity index (χ3n) is 4.38. The fraction of sp³-hybridized carbons (Fsp3) is 0.769. The summed E-state index contributed by atoms with van der Waals surface area (Å²) in [5.41, 5.74) is 5.72. The molecule has 108 valence electrons. The SMILES string of the molecule is CCN1CCC2CCC(C1)N2Cc1cnc(N)s1.Cl. The predicted octanol–water partition coefficient (Wildman–Crippen LogP) is 2.21. The molecule has 2 N–H and O–H groups in total. The Kier molecular flexibility index (Phi) is 5.06. The molecule has 1 aromatic rings. The van der Waals surface area contributed by atoms with Crippen LogP contribution in [0.15, 0.2) is 6.20 Å². The first-order valence-electron chi connectivity index (χ1n) is 6.94. The zero-order chi connectivity index (χ0) is 12.5. The van der Waals surface area contributed by atoms with Crippen LogP contribution >= 0.6 is 23.7 Å². The van der Waals surface area contributed by atoms with Gasteiger partial charge >= 0.3 is 0 Å². The van der Waals surface area contributed by atoms with Crippen LogP contribution in [0.3, 0.4) is 0 Å². The van der Waals surface area contributed by atoms with Crippen molar-refractivity contribution in [3.63, 3.8) is 0 Å². The van der Waals surface area contributed by atoms with Gasteiger partial charge in [-0.1, -0.05) is 6.92 Å². The van der Waals surface area contributed by atoms with Gasteiger partial charge in [0.1, 0.15) is 0 Å². The van der Waals surface area contributed by atoms with Gasteiger partial charge in [-0.25, -0.2) is 4.98 Å². The van der Waals surface area contributed by atoms with Crippen molar-refractivity contribution in [1.82, 2.24) is 14.8 Å². The van der Waals surface area contributed by atoms with E-state index in [9.17, 15) is 0 Å². The Morgan fingerprint density at radius 2 is 2.16 bits per heavy atom. The molecule has 2 aliphatic heterocycles. The van der Waals surface area contributed by atoms with Gasteiger partial charge in [0.25, 0.3) is 0 Å². The van der Waals surface area contributed by atoms with Gasteiger partial charge in [-0.2, -0.15) is 0 Å². The number of nitrogens with zero attached hydrogens (tertiary/aromatic N) is 3. The van der Waals surface area contributed by atoms with E-state index in [1.165, 1.54) is 43.8 Å². The molecule has 1 aromatic heterocycles. The maximum atomic E-state index is 5.72. The largest absolute Gasteiger partial charge is 0.375 e. The lowest BCUT2D eigenvalue weighted by atomic mass is 10.1. The number of rotatable bonds is 3. The van der Waals surface area contributed by atoms with E-state index in [1.54, 1.807) is 11.3 Å². The standard InChI is InChI=1S/C13H22N4S.ClH/c1-2-16-6-5-10-3-4-11(8-16)17(10)9-12-7-15-13(14)18-12;/h7,10-11H,2-6,8-9H2,1H3,(H2,14,15);1H. The first kappa shape index (κ1) is 15.0. The van der Waals surface area contributed by atoms with E-state index in [2.05, 4.69) is 21.7 Å². The fourth-order valence-corrected chi connectivity index (χ4v) is 4.06. The lowest BCUT2D eigenvalue weighted by molar-refractivity contribution is 0.180. The van der Waals surface area contributed by atoms with Crippen molar-refractivity contribution in [3.05, 3.63) is 11.1 Å². The smallest absolute Gasteiger partial charge is 0.180 e. The third kappa shape index (κ3) is 3.21. The Hall–Kier alpha value is -0.360. The average Bonchev–Trinajstić information content (AvgIpc) is 2.85. The van der Waals surface area contributed by atoms with Crippen molar-refractivity contribution in [2.24, 2.45) is 0 Å². The molecule has 3 heterocycles. The number of halogens is 1. The number of fused-ring (bicyclic) bond motifs is 2. The maximum absolute atomic E-state index is 5.72. The molecule has 2 atom stereocenters. The molecule has 0 spiro atoms. The second-order valence-corrected chi connectivity index (χ2v) is 6.55. The van der Waals surface area contributed by atoms with E-state index in [1.807, 2.05) is 6.20 Å². The zero-order valence-corrected chi connectivity index (χ0v) is 13.1. The number of likely N-dealkylation sites (tertiary alicyclic amines) is 1. The van der Waals surface area contributed by atoms with Crippen LogP contribution in [-0.4, -0.2) is 46.5 Å². The van der Waals surface area contributed by atoms with Crippen molar-refractivity contribution in [3.8, 4) is 0 Å². The van der Waals surface area contributed by atoms with Crippen LogP contribution in [-0.2, 0) is 6.54 Å². The number of hydrogen-bond acceptors (Lipinski definition) is 5. The number of nitrogen functional groups attached to an aromatic ring is 1. The first-order valence-corrected chi connectivity index (χ1v) is 7.76. The summed E-state index contributed by atoms with van der Waals surface area (Å²) in [5, 5.41) is 0.697. The van der Waals surface area contributed by atoms with Gasteiger partial charge in [0, 0.05) is 36.2 Å². The summed E-state index contributed by atoms with van der Waals surface area (Å²) >= 11 is 1.64. The minimum absolute atomic E-state index is 0. The van der Waals surface area contributed by atoms with Crippen molar-refractivity contribution >= 4 is 28.9 Å². The maximum Gasteiger partial charge on any atom is 0.180 e. The van der Waals surface area contributed by atoms with Crippen LogP contribution in [0.1, 0.15) is 31.1 Å². The highest BCUT2D eigenvalue weighted by Crippen LogP contribution is 2.32. The molecule has 0 saturated carbocycles. The monoisotopic (exact) mass is 302 g/mol. The quantitative estimate of drug-likeness (QED) is 0.930. The molecule has 0 radical (unpaired) electrons. The summed E-state index contributed by atoms with van der Waals surface area (Å²) in [6, 6.07) is 1.51. The van der Waals surface area contributed by atoms with E-state index >= 15 is 0 Å². The molecule has 19 heavy (non-hydrogen) atoms. The van der Waals surface area contributed by atoms with E-state index in [0.29, 0.717) is 5.13 Å². The Balaban J connectivity index is 0.00000133. The van der Waals surface area contributed by atoms with E-state index in [-0.39, 0.29) is 12.4 Å². The zero-order valence-electron chi connectivity index (χ0n) is 11.4. The summed E-state index contributed by atoms with van der Waals surface area (Å²) in [4.78, 5) is 10.8. The lowest BCUT2D eigenvalue weighted by Gasteiger charge is -2.27. The molecule has 2 unspecified atom stereocenters. The first-order chi connectivity index (χ1) is 8.76. The van der Waals surface area contributed by atoms with Crippen LogP contribution in [0.25, 0.3) is 0 Å². The number of aromatic nitrogens is 1. The van der Waals surface area contributed by atoms with Crippen molar-refractivity contribution in [1.29, 1.82) is 0 Å². The number of anilines is 1. The van der Waals surface area contributed by atoms with E-state index in [0.717, 1.165) is 18.6 Å². The van der Waals surface area contributed by atoms with Gasteiger partial charge in [-0.05, 0) is 32.4 Å². The number of thiazole rings is 1. The molecule has 2 fully saturated rings. The average molecular weight is 303 g/mol. The predicted molar refractivity (Wildman–Crippen MR) is 82.9 cm³/mol. The van der Waals surface area contributed by atoms with Gasteiger partial charge in [-0.3, -0.25) is 4.90 Å². The van der Waals surface area contributed by atoms with Gasteiger partial charge in [0.2, 0.25) is 0 Å². The fourth-order valence-electron chi connectivity index (χ4n) is 3.36. The third-order valence-corrected chi connectivity index (χ3v) is 5.19. The van der Waals surface area contributed by atoms with Crippen LogP contribution in [0.5, 0.6) is 0 Å². The normalized spacial score (nSPS) is 28.1. The Morgan fingerprint density at radius 3 is 2.84 bits per heavy atom. The van der Waals surface area contributed by atoms with Gasteiger partial charge in [0.15, 0.2) is 5.13 Å². The highest BCUT2D eigenvalue weighted by molar-refractivity contribution is 7.15. The Bertz CT molecular complexity index is 411. The van der Waals surface area contributed by atoms with Crippen molar-refractivity contribution in [2.75, 3.05) is 25.4 Å². The summed E-state index contributed by atoms with van der Waals surface area (Å²) in [5.74, 6) is 0. The summed E-state index contributed by atoms with van der Waals surface area (Å²) in [7, 11) is 0. The number of hydrogen-bond donors (Lipinski definition) is 1. The van der Waals surface area contributed by atoms with Gasteiger partial charge in [0.05, 0.1) is 0 Å². The van der Waals surface area contributed by atoms with Crippen LogP contribution in [0.4, 0.5) is 5.13 Å². The minimum atomic E-state index is 0. The topological polar surface area (TPSA) is 45.4 Å². The molecule has 0 amide bonds. The highest BCUT2D eigenvalue weighted by Gasteiger charge is 2.36. The second kappa shape index (κ2) is 6.39. The minimum Gasteiger partial charge on any atom is -0.375 e. The Morgan fingerprint density at radius 1 is 1.37 bits per heavy atom. The molecular weight excluding hydrogens is 280 g/mol. The van der Waals surface area contributed by atoms with E-state index in [4.69, 9.17) is 5.73 Å². The lowest BCUT2D eigenvalue weighted by Crippen LogP contribution is -2.38. The molecular formula is C13H23ClN4S. The molecule has 3 rings (SSSR count). The number of likely N-dealkylation sites (N-methyl/N-ethyl adjacent to an activating group) is 1. The molecule has 2 aliphatic rings. The van der Waals surface area contributed by atoms with Crippen molar-refractivity contribution in [2.45, 2.75) is 44.8 Å². The van der Waals surface area contributed by atoms with Crippen LogP contribution in [0, 0.1) is 0 Å². The molecule has 2 bridgehead atoms. The number of nitrogens with two attached hydrogens (primary N) is 1. The van der Waals surface area contributed by atoms with Crippen LogP contribution in [0.2, 0.25) is 0 Å². The Labute approximate surface area is 125 Å². The molecule has 4 nitrogen and oxygen atoms in total.